The summed E-state index contributed by atoms with van der Waals surface area (Å²) in [5.41, 5.74) is -0.230. The van der Waals surface area contributed by atoms with Crippen LogP contribution in [0.2, 0.25) is 0 Å². The molecule has 0 aliphatic rings. The second-order valence-corrected chi connectivity index (χ2v) is 6.37. The lowest BCUT2D eigenvalue weighted by atomic mass is 10.4. The first-order valence-electron chi connectivity index (χ1n) is 6.90. The number of carbonyl (C=O) groups is 1. The van der Waals surface area contributed by atoms with Gasteiger partial charge in [0.25, 0.3) is 0 Å². The molecule has 0 amide bonds. The van der Waals surface area contributed by atoms with Crippen LogP contribution in [0.1, 0.15) is 19.7 Å². The highest BCUT2D eigenvalue weighted by molar-refractivity contribution is 7.56. The molecule has 1 rings (SSSR count). The van der Waals surface area contributed by atoms with Crippen molar-refractivity contribution in [1.82, 2.24) is 9.36 Å². The van der Waals surface area contributed by atoms with Crippen LogP contribution in [-0.2, 0) is 28.0 Å². The van der Waals surface area contributed by atoms with Crippen LogP contribution in [-0.4, -0.2) is 48.0 Å². The molecule has 12 heteroatoms. The van der Waals surface area contributed by atoms with Crippen molar-refractivity contribution in [2.24, 2.45) is 5.16 Å². The Morgan fingerprint density at radius 1 is 1.42 bits per heavy atom. The Morgan fingerprint density at radius 2 is 2.08 bits per heavy atom. The van der Waals surface area contributed by atoms with Crippen molar-refractivity contribution in [3.05, 3.63) is 18.5 Å². The Morgan fingerprint density at radius 3 is 2.62 bits per heavy atom. The number of anilines is 1. The molecule has 10 nitrogen and oxygen atoms in total. The summed E-state index contributed by atoms with van der Waals surface area (Å²) >= 11 is 0.855. The van der Waals surface area contributed by atoms with Gasteiger partial charge >= 0.3 is 13.7 Å². The SMILES string of the molecule is C=CCON=C(C(=O)OC)c1nsc(NP(=O)(OCC)OCC)n1. The monoisotopic (exact) mass is 378 g/mol. The number of oxime groups is 1. The van der Waals surface area contributed by atoms with E-state index in [0.29, 0.717) is 0 Å². The zero-order valence-corrected chi connectivity index (χ0v) is 15.3. The Labute approximate surface area is 143 Å². The van der Waals surface area contributed by atoms with Crippen LogP contribution in [0.3, 0.4) is 0 Å². The van der Waals surface area contributed by atoms with Gasteiger partial charge in [-0.15, -0.1) is 0 Å². The number of aromatic nitrogens is 2. The predicted octanol–water partition coefficient (Wildman–Crippen LogP) is 2.21. The fourth-order valence-electron chi connectivity index (χ4n) is 1.34. The van der Waals surface area contributed by atoms with E-state index in [1.165, 1.54) is 13.2 Å². The largest absolute Gasteiger partial charge is 0.464 e. The first-order valence-corrected chi connectivity index (χ1v) is 9.21. The van der Waals surface area contributed by atoms with E-state index in [1.54, 1.807) is 13.8 Å². The van der Waals surface area contributed by atoms with Crippen molar-refractivity contribution in [2.45, 2.75) is 13.8 Å². The summed E-state index contributed by atoms with van der Waals surface area (Å²) in [6.07, 6.45) is 1.46. The highest BCUT2D eigenvalue weighted by Gasteiger charge is 2.27. The summed E-state index contributed by atoms with van der Waals surface area (Å²) in [5, 5.41) is 6.31. The predicted molar refractivity (Wildman–Crippen MR) is 89.1 cm³/mol. The summed E-state index contributed by atoms with van der Waals surface area (Å²) in [4.78, 5) is 20.7. The average molecular weight is 378 g/mol. The van der Waals surface area contributed by atoms with Gasteiger partial charge in [-0.25, -0.2) is 9.36 Å². The number of rotatable bonds is 11. The smallest absolute Gasteiger partial charge is 0.434 e. The first kappa shape index (κ1) is 20.2. The normalized spacial score (nSPS) is 11.9. The molecule has 0 unspecified atom stereocenters. The van der Waals surface area contributed by atoms with Gasteiger partial charge in [-0.2, -0.15) is 9.36 Å². The van der Waals surface area contributed by atoms with Crippen molar-refractivity contribution in [2.75, 3.05) is 32.0 Å². The average Bonchev–Trinajstić information content (AvgIpc) is 2.99. The molecule has 0 spiro atoms. The Balaban J connectivity index is 2.98. The molecular formula is C12H19N4O6PS. The Bertz CT molecular complexity index is 625. The molecule has 0 aromatic carbocycles. The van der Waals surface area contributed by atoms with Crippen LogP contribution < -0.4 is 5.09 Å². The van der Waals surface area contributed by atoms with E-state index in [4.69, 9.17) is 13.9 Å². The Hall–Kier alpha value is -1.81. The number of esters is 1. The topological polar surface area (TPSA) is 121 Å². The van der Waals surface area contributed by atoms with E-state index in [2.05, 4.69) is 30.9 Å². The standard InChI is InChI=1S/C12H19N4O6PS/c1-5-8-20-14-9(11(17)19-4)10-13-12(24-16-10)15-23(18,21-6-2)22-7-3/h5H,1,6-8H2,2-4H3,(H,13,15,16,18). The van der Waals surface area contributed by atoms with Gasteiger partial charge in [0.05, 0.1) is 20.3 Å². The second-order valence-electron chi connectivity index (χ2n) is 3.88. The fourth-order valence-corrected chi connectivity index (χ4v) is 3.44. The van der Waals surface area contributed by atoms with Crippen molar-refractivity contribution in [1.29, 1.82) is 0 Å². The number of nitrogens with zero attached hydrogens (tertiary/aromatic N) is 3. The van der Waals surface area contributed by atoms with Crippen molar-refractivity contribution in [3.8, 4) is 0 Å². The third-order valence-corrected chi connectivity index (χ3v) is 4.66. The van der Waals surface area contributed by atoms with Crippen LogP contribution in [0, 0.1) is 0 Å². The molecule has 134 valence electrons. The molecule has 24 heavy (non-hydrogen) atoms. The fraction of sp³-hybridized carbons (Fsp3) is 0.500. The third kappa shape index (κ3) is 6.00. The highest BCUT2D eigenvalue weighted by Crippen LogP contribution is 2.47. The minimum atomic E-state index is -3.56. The van der Waals surface area contributed by atoms with Gasteiger partial charge in [-0.1, -0.05) is 17.8 Å². The number of hydrogen-bond donors (Lipinski definition) is 1. The molecule has 1 aromatic heterocycles. The van der Waals surface area contributed by atoms with Crippen LogP contribution in [0.5, 0.6) is 0 Å². The van der Waals surface area contributed by atoms with Crippen LogP contribution >= 0.6 is 19.3 Å². The number of hydrogen-bond acceptors (Lipinski definition) is 10. The highest BCUT2D eigenvalue weighted by atomic mass is 32.1. The van der Waals surface area contributed by atoms with E-state index in [9.17, 15) is 9.36 Å². The second kappa shape index (κ2) is 10.1. The Kier molecular flexibility index (Phi) is 8.55. The van der Waals surface area contributed by atoms with Gasteiger partial charge in [-0.05, 0) is 13.8 Å². The molecule has 0 aliphatic heterocycles. The lowest BCUT2D eigenvalue weighted by molar-refractivity contribution is -0.132. The third-order valence-electron chi connectivity index (χ3n) is 2.20. The van der Waals surface area contributed by atoms with E-state index < -0.39 is 13.7 Å². The molecule has 1 aromatic rings. The number of methoxy groups -OCH3 is 1. The summed E-state index contributed by atoms with van der Waals surface area (Å²) < 4.78 is 31.2. The van der Waals surface area contributed by atoms with Gasteiger partial charge in [0.2, 0.25) is 16.7 Å². The van der Waals surface area contributed by atoms with Gasteiger partial charge in [0.15, 0.2) is 0 Å². The number of nitrogens with one attached hydrogen (secondary N) is 1. The molecule has 0 fully saturated rings. The molecule has 0 aliphatic carbocycles. The summed E-state index contributed by atoms with van der Waals surface area (Å²) in [7, 11) is -2.37. The maximum Gasteiger partial charge on any atom is 0.434 e. The minimum absolute atomic E-state index is 0.0436. The summed E-state index contributed by atoms with van der Waals surface area (Å²) in [6.45, 7) is 7.28. The zero-order chi connectivity index (χ0) is 18.0. The molecular weight excluding hydrogens is 359 g/mol. The van der Waals surface area contributed by atoms with Gasteiger partial charge in [0.1, 0.15) is 6.61 Å². The van der Waals surface area contributed by atoms with Gasteiger partial charge < -0.3 is 9.57 Å². The van der Waals surface area contributed by atoms with E-state index in [1.807, 2.05) is 0 Å². The number of carbonyl (C=O) groups excluding carboxylic acids is 1. The molecule has 0 saturated carbocycles. The van der Waals surface area contributed by atoms with Crippen LogP contribution in [0.4, 0.5) is 5.13 Å². The molecule has 0 bridgehead atoms. The summed E-state index contributed by atoms with van der Waals surface area (Å²) in [5.74, 6) is -0.820. The minimum Gasteiger partial charge on any atom is -0.464 e. The number of ether oxygens (including phenoxy) is 1. The van der Waals surface area contributed by atoms with Gasteiger partial charge in [-0.3, -0.25) is 14.1 Å². The first-order chi connectivity index (χ1) is 11.5. The molecule has 0 atom stereocenters. The van der Waals surface area contributed by atoms with Crippen molar-refractivity contribution < 1.29 is 28.0 Å². The van der Waals surface area contributed by atoms with Crippen molar-refractivity contribution in [3.63, 3.8) is 0 Å². The van der Waals surface area contributed by atoms with E-state index in [-0.39, 0.29) is 36.5 Å². The lowest BCUT2D eigenvalue weighted by Crippen LogP contribution is -2.19. The maximum atomic E-state index is 12.4. The zero-order valence-electron chi connectivity index (χ0n) is 13.6. The van der Waals surface area contributed by atoms with E-state index in [0.717, 1.165) is 11.5 Å². The molecule has 0 saturated heterocycles. The molecule has 1 heterocycles. The van der Waals surface area contributed by atoms with Gasteiger partial charge in [0, 0.05) is 11.5 Å². The maximum absolute atomic E-state index is 12.4. The van der Waals surface area contributed by atoms with Crippen LogP contribution in [0.15, 0.2) is 17.8 Å². The quantitative estimate of drug-likeness (QED) is 0.154. The summed E-state index contributed by atoms with van der Waals surface area (Å²) in [6, 6.07) is 0. The molecule has 0 radical (unpaired) electrons. The lowest BCUT2D eigenvalue weighted by Gasteiger charge is -2.16. The molecule has 1 N–H and O–H groups in total. The van der Waals surface area contributed by atoms with Crippen LogP contribution in [0.25, 0.3) is 0 Å². The van der Waals surface area contributed by atoms with Crippen molar-refractivity contribution >= 4 is 36.1 Å². The van der Waals surface area contributed by atoms with E-state index >= 15 is 0 Å².